The number of nitrogen functional groups attached to an aromatic ring is 1. The van der Waals surface area contributed by atoms with Crippen LogP contribution in [0.5, 0.6) is 5.75 Å². The number of anilines is 2. The first-order valence-electron chi connectivity index (χ1n) is 6.02. The molecule has 0 bridgehead atoms. The van der Waals surface area contributed by atoms with Gasteiger partial charge in [0, 0.05) is 21.8 Å². The van der Waals surface area contributed by atoms with Gasteiger partial charge in [-0.15, -0.1) is 0 Å². The van der Waals surface area contributed by atoms with E-state index in [1.165, 1.54) is 7.11 Å². The molecular weight excluding hydrogens is 320 g/mol. The highest BCUT2D eigenvalue weighted by Crippen LogP contribution is 2.27. The van der Waals surface area contributed by atoms with E-state index in [1.54, 1.807) is 24.3 Å². The topological polar surface area (TPSA) is 64.3 Å². The fraction of sp³-hybridized carbons (Fsp3) is 0.133. The van der Waals surface area contributed by atoms with Gasteiger partial charge in [-0.3, -0.25) is 4.79 Å². The lowest BCUT2D eigenvalue weighted by Crippen LogP contribution is -2.13. The number of carbonyl (C=O) groups excluding carboxylic acids is 1. The summed E-state index contributed by atoms with van der Waals surface area (Å²) in [6.45, 7) is 1.94. The molecule has 0 aliphatic heterocycles. The van der Waals surface area contributed by atoms with E-state index < -0.39 is 0 Å². The Morgan fingerprint density at radius 3 is 2.65 bits per heavy atom. The van der Waals surface area contributed by atoms with E-state index in [1.807, 2.05) is 19.1 Å². The van der Waals surface area contributed by atoms with Crippen molar-refractivity contribution >= 4 is 33.2 Å². The number of amides is 1. The number of benzene rings is 2. The van der Waals surface area contributed by atoms with Crippen molar-refractivity contribution in [2.75, 3.05) is 18.2 Å². The predicted molar refractivity (Wildman–Crippen MR) is 84.2 cm³/mol. The highest BCUT2D eigenvalue weighted by molar-refractivity contribution is 9.10. The van der Waals surface area contributed by atoms with Gasteiger partial charge in [-0.2, -0.15) is 0 Å². The van der Waals surface area contributed by atoms with Crippen LogP contribution in [0.2, 0.25) is 0 Å². The molecule has 3 N–H and O–H groups in total. The molecule has 0 aliphatic rings. The second-order valence-corrected chi connectivity index (χ2v) is 5.23. The monoisotopic (exact) mass is 334 g/mol. The number of rotatable bonds is 3. The molecule has 0 atom stereocenters. The van der Waals surface area contributed by atoms with Crippen LogP contribution >= 0.6 is 15.9 Å². The summed E-state index contributed by atoms with van der Waals surface area (Å²) in [6, 6.07) is 10.5. The van der Waals surface area contributed by atoms with Gasteiger partial charge in [0.15, 0.2) is 0 Å². The zero-order valence-electron chi connectivity index (χ0n) is 11.2. The van der Waals surface area contributed by atoms with Gasteiger partial charge in [0.25, 0.3) is 5.91 Å². The van der Waals surface area contributed by atoms with Gasteiger partial charge in [-0.05, 0) is 42.8 Å². The summed E-state index contributed by atoms with van der Waals surface area (Å²) >= 11 is 3.41. The maximum absolute atomic E-state index is 12.2. The summed E-state index contributed by atoms with van der Waals surface area (Å²) in [4.78, 5) is 12.2. The number of nitrogens with two attached hydrogens (primary N) is 1. The van der Waals surface area contributed by atoms with Crippen molar-refractivity contribution in [2.24, 2.45) is 0 Å². The lowest BCUT2D eigenvalue weighted by molar-refractivity contribution is 0.102. The van der Waals surface area contributed by atoms with Gasteiger partial charge >= 0.3 is 0 Å². The lowest BCUT2D eigenvalue weighted by atomic mass is 10.1. The molecule has 0 radical (unpaired) electrons. The molecule has 0 fully saturated rings. The molecule has 0 saturated carbocycles. The molecule has 5 heteroatoms. The maximum Gasteiger partial charge on any atom is 0.255 e. The fourth-order valence-electron chi connectivity index (χ4n) is 1.79. The van der Waals surface area contributed by atoms with Crippen LogP contribution in [0.4, 0.5) is 11.4 Å². The predicted octanol–water partition coefficient (Wildman–Crippen LogP) is 3.60. The SMILES string of the molecule is COc1cc(N)ccc1NC(=O)c1ccc(Br)c(C)c1. The van der Waals surface area contributed by atoms with Gasteiger partial charge in [0.1, 0.15) is 5.75 Å². The average molecular weight is 335 g/mol. The van der Waals surface area contributed by atoms with E-state index >= 15 is 0 Å². The van der Waals surface area contributed by atoms with Crippen molar-refractivity contribution in [1.29, 1.82) is 0 Å². The van der Waals surface area contributed by atoms with Crippen LogP contribution in [0.1, 0.15) is 15.9 Å². The van der Waals surface area contributed by atoms with E-state index in [4.69, 9.17) is 10.5 Å². The van der Waals surface area contributed by atoms with E-state index in [9.17, 15) is 4.79 Å². The minimum atomic E-state index is -0.191. The second kappa shape index (κ2) is 5.96. The number of carbonyl (C=O) groups is 1. The summed E-state index contributed by atoms with van der Waals surface area (Å²) in [7, 11) is 1.54. The number of hydrogen-bond donors (Lipinski definition) is 2. The molecular formula is C15H15BrN2O2. The van der Waals surface area contributed by atoms with Crippen LogP contribution in [0, 0.1) is 6.92 Å². The summed E-state index contributed by atoms with van der Waals surface area (Å²) in [6.07, 6.45) is 0. The Kier molecular flexibility index (Phi) is 4.29. The molecule has 104 valence electrons. The molecule has 2 aromatic carbocycles. The van der Waals surface area contributed by atoms with E-state index in [2.05, 4.69) is 21.2 Å². The molecule has 0 spiro atoms. The first kappa shape index (κ1) is 14.4. The van der Waals surface area contributed by atoms with Crippen molar-refractivity contribution in [3.8, 4) is 5.75 Å². The largest absolute Gasteiger partial charge is 0.494 e. The quantitative estimate of drug-likeness (QED) is 0.843. The molecule has 0 saturated heterocycles. The van der Waals surface area contributed by atoms with E-state index in [0.29, 0.717) is 22.7 Å². The maximum atomic E-state index is 12.2. The van der Waals surface area contributed by atoms with E-state index in [-0.39, 0.29) is 5.91 Å². The van der Waals surface area contributed by atoms with Gasteiger partial charge in [-0.1, -0.05) is 15.9 Å². The highest BCUT2D eigenvalue weighted by Gasteiger charge is 2.10. The summed E-state index contributed by atoms with van der Waals surface area (Å²) in [5.74, 6) is 0.343. The second-order valence-electron chi connectivity index (χ2n) is 4.38. The summed E-state index contributed by atoms with van der Waals surface area (Å²) in [5.41, 5.74) is 8.45. The molecule has 2 rings (SSSR count). The normalized spacial score (nSPS) is 10.2. The van der Waals surface area contributed by atoms with Crippen LogP contribution < -0.4 is 15.8 Å². The number of methoxy groups -OCH3 is 1. The molecule has 1 amide bonds. The van der Waals surface area contributed by atoms with E-state index in [0.717, 1.165) is 10.0 Å². The molecule has 0 heterocycles. The molecule has 0 aromatic heterocycles. The summed E-state index contributed by atoms with van der Waals surface area (Å²) < 4.78 is 6.17. The first-order chi connectivity index (χ1) is 9.51. The Morgan fingerprint density at radius 1 is 1.25 bits per heavy atom. The van der Waals surface area contributed by atoms with Gasteiger partial charge < -0.3 is 15.8 Å². The number of nitrogens with one attached hydrogen (secondary N) is 1. The molecule has 0 unspecified atom stereocenters. The Balaban J connectivity index is 2.25. The zero-order chi connectivity index (χ0) is 14.7. The smallest absolute Gasteiger partial charge is 0.255 e. The molecule has 0 aliphatic carbocycles. The van der Waals surface area contributed by atoms with Crippen molar-refractivity contribution in [1.82, 2.24) is 0 Å². The van der Waals surface area contributed by atoms with Gasteiger partial charge in [-0.25, -0.2) is 0 Å². The third kappa shape index (κ3) is 3.11. The fourth-order valence-corrected chi connectivity index (χ4v) is 2.04. The minimum Gasteiger partial charge on any atom is -0.494 e. The first-order valence-corrected chi connectivity index (χ1v) is 6.81. The Bertz CT molecular complexity index is 656. The minimum absolute atomic E-state index is 0.191. The number of halogens is 1. The van der Waals surface area contributed by atoms with Crippen molar-refractivity contribution in [3.05, 3.63) is 52.0 Å². The number of aryl methyl sites for hydroxylation is 1. The van der Waals surface area contributed by atoms with Gasteiger partial charge in [0.2, 0.25) is 0 Å². The Morgan fingerprint density at radius 2 is 2.00 bits per heavy atom. The number of ether oxygens (including phenoxy) is 1. The van der Waals surface area contributed by atoms with Crippen molar-refractivity contribution in [3.63, 3.8) is 0 Å². The van der Waals surface area contributed by atoms with Crippen LogP contribution in [0.15, 0.2) is 40.9 Å². The third-order valence-electron chi connectivity index (χ3n) is 2.89. The third-order valence-corrected chi connectivity index (χ3v) is 3.78. The van der Waals surface area contributed by atoms with Crippen LogP contribution in [0.25, 0.3) is 0 Å². The Hall–Kier alpha value is -2.01. The lowest BCUT2D eigenvalue weighted by Gasteiger charge is -2.11. The molecule has 4 nitrogen and oxygen atoms in total. The van der Waals surface area contributed by atoms with Crippen LogP contribution in [-0.4, -0.2) is 13.0 Å². The van der Waals surface area contributed by atoms with Crippen LogP contribution in [0.3, 0.4) is 0 Å². The Labute approximate surface area is 126 Å². The average Bonchev–Trinajstić information content (AvgIpc) is 2.43. The van der Waals surface area contributed by atoms with Crippen LogP contribution in [-0.2, 0) is 0 Å². The van der Waals surface area contributed by atoms with Crippen molar-refractivity contribution < 1.29 is 9.53 Å². The standard InChI is InChI=1S/C15H15BrN2O2/c1-9-7-10(3-5-12(9)16)15(19)18-13-6-4-11(17)8-14(13)20-2/h3-8H,17H2,1-2H3,(H,18,19). The highest BCUT2D eigenvalue weighted by atomic mass is 79.9. The summed E-state index contributed by atoms with van der Waals surface area (Å²) in [5, 5.41) is 2.82. The molecule has 20 heavy (non-hydrogen) atoms. The molecule has 2 aromatic rings. The van der Waals surface area contributed by atoms with Gasteiger partial charge in [0.05, 0.1) is 12.8 Å². The number of hydrogen-bond acceptors (Lipinski definition) is 3. The van der Waals surface area contributed by atoms with Crippen molar-refractivity contribution in [2.45, 2.75) is 6.92 Å². The zero-order valence-corrected chi connectivity index (χ0v) is 12.8.